The molecule has 0 bridgehead atoms. The third kappa shape index (κ3) is 2.83. The minimum Gasteiger partial charge on any atom is -0.456 e. The standard InChI is InChI=1S/C26H25N2O/c1-17-12-13-19-20-14-15-21(27-2)24(18-9-5-4-6-10-18)26(20)29-25(19)23(17)22-11-7-8-16-28(22)3/h7-8,11-16,18H,4-6,9-10H2,1,3H3/q+1. The van der Waals surface area contributed by atoms with Crippen LogP contribution in [0.15, 0.2) is 53.1 Å². The topological polar surface area (TPSA) is 21.4 Å². The summed E-state index contributed by atoms with van der Waals surface area (Å²) in [6.45, 7) is 9.87. The summed E-state index contributed by atoms with van der Waals surface area (Å²) in [5, 5.41) is 2.27. The van der Waals surface area contributed by atoms with Gasteiger partial charge in [-0.3, -0.25) is 0 Å². The molecule has 0 N–H and O–H groups in total. The third-order valence-corrected chi connectivity index (χ3v) is 6.48. The zero-order valence-electron chi connectivity index (χ0n) is 17.0. The van der Waals surface area contributed by atoms with Crippen molar-refractivity contribution in [2.75, 3.05) is 0 Å². The molecule has 5 rings (SSSR count). The normalized spacial score (nSPS) is 15.1. The molecule has 3 nitrogen and oxygen atoms in total. The molecule has 2 aromatic carbocycles. The predicted molar refractivity (Wildman–Crippen MR) is 117 cm³/mol. The van der Waals surface area contributed by atoms with E-state index in [1.165, 1.54) is 24.8 Å². The van der Waals surface area contributed by atoms with Crippen molar-refractivity contribution in [3.63, 3.8) is 0 Å². The fourth-order valence-corrected chi connectivity index (χ4v) is 5.00. The van der Waals surface area contributed by atoms with E-state index in [9.17, 15) is 0 Å². The average molecular weight is 381 g/mol. The van der Waals surface area contributed by atoms with Gasteiger partial charge in [-0.15, -0.1) is 0 Å². The van der Waals surface area contributed by atoms with Crippen LogP contribution in [0, 0.1) is 13.5 Å². The Balaban J connectivity index is 1.85. The van der Waals surface area contributed by atoms with E-state index >= 15 is 0 Å². The van der Waals surface area contributed by atoms with Gasteiger partial charge in [-0.25, -0.2) is 9.41 Å². The van der Waals surface area contributed by atoms with Crippen LogP contribution >= 0.6 is 0 Å². The van der Waals surface area contributed by atoms with Crippen molar-refractivity contribution in [3.8, 4) is 11.3 Å². The smallest absolute Gasteiger partial charge is 0.216 e. The van der Waals surface area contributed by atoms with Crippen LogP contribution in [0.4, 0.5) is 5.69 Å². The zero-order valence-corrected chi connectivity index (χ0v) is 17.0. The largest absolute Gasteiger partial charge is 0.456 e. The lowest BCUT2D eigenvalue weighted by Crippen LogP contribution is -2.30. The molecule has 144 valence electrons. The quantitative estimate of drug-likeness (QED) is 0.271. The van der Waals surface area contributed by atoms with Crippen LogP contribution < -0.4 is 4.57 Å². The minimum absolute atomic E-state index is 0.425. The predicted octanol–water partition coefficient (Wildman–Crippen LogP) is 6.98. The van der Waals surface area contributed by atoms with Crippen molar-refractivity contribution in [2.45, 2.75) is 44.9 Å². The van der Waals surface area contributed by atoms with Gasteiger partial charge in [0.05, 0.1) is 12.1 Å². The van der Waals surface area contributed by atoms with E-state index in [2.05, 4.69) is 59.9 Å². The van der Waals surface area contributed by atoms with Gasteiger partial charge in [-0.05, 0) is 37.3 Å². The van der Waals surface area contributed by atoms with Crippen molar-refractivity contribution < 1.29 is 8.98 Å². The van der Waals surface area contributed by atoms with Gasteiger partial charge < -0.3 is 4.42 Å². The number of aryl methyl sites for hydroxylation is 2. The number of furan rings is 1. The van der Waals surface area contributed by atoms with E-state index in [4.69, 9.17) is 11.0 Å². The summed E-state index contributed by atoms with van der Waals surface area (Å²) in [5.41, 5.74) is 7.22. The summed E-state index contributed by atoms with van der Waals surface area (Å²) in [7, 11) is 2.07. The highest BCUT2D eigenvalue weighted by Gasteiger charge is 2.26. The molecule has 1 aliphatic carbocycles. The molecule has 0 saturated heterocycles. The molecule has 29 heavy (non-hydrogen) atoms. The van der Waals surface area contributed by atoms with Crippen molar-refractivity contribution in [1.29, 1.82) is 0 Å². The van der Waals surface area contributed by atoms with Crippen molar-refractivity contribution in [1.82, 2.24) is 0 Å². The lowest BCUT2D eigenvalue weighted by Gasteiger charge is -2.23. The lowest BCUT2D eigenvalue weighted by atomic mass is 9.82. The van der Waals surface area contributed by atoms with Crippen LogP contribution in [0.3, 0.4) is 0 Å². The Bertz CT molecular complexity index is 1270. The molecular weight excluding hydrogens is 356 g/mol. The van der Waals surface area contributed by atoms with Crippen molar-refractivity contribution >= 4 is 27.6 Å². The Hall–Kier alpha value is -3.12. The summed E-state index contributed by atoms with van der Waals surface area (Å²) >= 11 is 0. The van der Waals surface area contributed by atoms with E-state index < -0.39 is 0 Å². The summed E-state index contributed by atoms with van der Waals surface area (Å²) in [5.74, 6) is 0.425. The summed E-state index contributed by atoms with van der Waals surface area (Å²) in [4.78, 5) is 3.86. The Labute approximate surface area is 171 Å². The van der Waals surface area contributed by atoms with Gasteiger partial charge in [0.15, 0.2) is 11.9 Å². The van der Waals surface area contributed by atoms with Gasteiger partial charge in [0.25, 0.3) is 0 Å². The van der Waals surface area contributed by atoms with Gasteiger partial charge in [-0.2, -0.15) is 0 Å². The number of hydrogen-bond acceptors (Lipinski definition) is 1. The Morgan fingerprint density at radius 2 is 1.72 bits per heavy atom. The zero-order chi connectivity index (χ0) is 20.0. The van der Waals surface area contributed by atoms with Crippen molar-refractivity contribution in [2.24, 2.45) is 7.05 Å². The highest BCUT2D eigenvalue weighted by molar-refractivity contribution is 6.11. The SMILES string of the molecule is [C-]#[N+]c1ccc2c(oc3c(-c4cccc[n+]4C)c(C)ccc32)c1C1CCCCC1. The Morgan fingerprint density at radius 3 is 2.48 bits per heavy atom. The molecule has 0 unspecified atom stereocenters. The fourth-order valence-electron chi connectivity index (χ4n) is 5.00. The second-order valence-corrected chi connectivity index (χ2v) is 8.25. The molecule has 3 heteroatoms. The fraction of sp³-hybridized carbons (Fsp3) is 0.308. The van der Waals surface area contributed by atoms with Gasteiger partial charge in [0.1, 0.15) is 18.2 Å². The number of pyridine rings is 1. The number of nitrogens with zero attached hydrogens (tertiary/aromatic N) is 2. The van der Waals surface area contributed by atoms with Gasteiger partial charge >= 0.3 is 0 Å². The first-order valence-corrected chi connectivity index (χ1v) is 10.5. The monoisotopic (exact) mass is 381 g/mol. The van der Waals surface area contributed by atoms with Gasteiger partial charge in [0.2, 0.25) is 5.69 Å². The Kier molecular flexibility index (Phi) is 4.36. The van der Waals surface area contributed by atoms with E-state index in [-0.39, 0.29) is 0 Å². The molecule has 0 aliphatic heterocycles. The molecule has 1 saturated carbocycles. The van der Waals surface area contributed by atoms with E-state index in [1.54, 1.807) is 0 Å². The molecule has 2 heterocycles. The van der Waals surface area contributed by atoms with Crippen LogP contribution in [-0.2, 0) is 7.05 Å². The van der Waals surface area contributed by atoms with Crippen LogP contribution in [0.1, 0.15) is 49.1 Å². The summed E-state index contributed by atoms with van der Waals surface area (Å²) in [6, 6.07) is 14.7. The molecule has 0 radical (unpaired) electrons. The minimum atomic E-state index is 0.425. The molecule has 0 atom stereocenters. The third-order valence-electron chi connectivity index (χ3n) is 6.48. The number of hydrogen-bond donors (Lipinski definition) is 0. The highest BCUT2D eigenvalue weighted by Crippen LogP contribution is 2.46. The molecule has 4 aromatic rings. The average Bonchev–Trinajstić information content (AvgIpc) is 3.13. The van der Waals surface area contributed by atoms with Crippen molar-refractivity contribution in [3.05, 3.63) is 71.2 Å². The molecule has 2 aromatic heterocycles. The molecular formula is C26H25N2O+. The summed E-state index contributed by atoms with van der Waals surface area (Å²) in [6.07, 6.45) is 8.15. The lowest BCUT2D eigenvalue weighted by molar-refractivity contribution is -0.660. The first kappa shape index (κ1) is 17.9. The molecule has 0 amide bonds. The number of rotatable bonds is 2. The molecule has 0 spiro atoms. The number of aromatic nitrogens is 1. The van der Waals surface area contributed by atoms with Crippen LogP contribution in [-0.4, -0.2) is 0 Å². The molecule has 1 aliphatic rings. The maximum absolute atomic E-state index is 7.73. The summed E-state index contributed by atoms with van der Waals surface area (Å²) < 4.78 is 8.78. The second kappa shape index (κ2) is 7.04. The highest BCUT2D eigenvalue weighted by atomic mass is 16.3. The number of fused-ring (bicyclic) bond motifs is 3. The van der Waals surface area contributed by atoms with Gasteiger partial charge in [0, 0.05) is 28.5 Å². The van der Waals surface area contributed by atoms with Crippen LogP contribution in [0.5, 0.6) is 0 Å². The van der Waals surface area contributed by atoms with Gasteiger partial charge in [-0.1, -0.05) is 43.5 Å². The van der Waals surface area contributed by atoms with Crippen LogP contribution in [0.2, 0.25) is 0 Å². The second-order valence-electron chi connectivity index (χ2n) is 8.25. The first-order valence-electron chi connectivity index (χ1n) is 10.5. The maximum Gasteiger partial charge on any atom is 0.216 e. The van der Waals surface area contributed by atoms with E-state index in [0.29, 0.717) is 5.92 Å². The maximum atomic E-state index is 7.73. The van der Waals surface area contributed by atoms with E-state index in [1.807, 2.05) is 12.1 Å². The van der Waals surface area contributed by atoms with Crippen LogP contribution in [0.25, 0.3) is 38.0 Å². The first-order chi connectivity index (χ1) is 14.2. The van der Waals surface area contributed by atoms with E-state index in [0.717, 1.165) is 57.3 Å². The number of benzene rings is 2. The molecule has 1 fully saturated rings. The Morgan fingerprint density at radius 1 is 0.966 bits per heavy atom.